The van der Waals surface area contributed by atoms with Gasteiger partial charge in [0.25, 0.3) is 0 Å². The number of rotatable bonds is 5. The Morgan fingerprint density at radius 2 is 2.05 bits per heavy atom. The summed E-state index contributed by atoms with van der Waals surface area (Å²) in [7, 11) is 3.46. The summed E-state index contributed by atoms with van der Waals surface area (Å²) < 4.78 is 18.4. The summed E-state index contributed by atoms with van der Waals surface area (Å²) in [5, 5.41) is 3.80. The average Bonchev–Trinajstić information content (AvgIpc) is 2.44. The highest BCUT2D eigenvalue weighted by Crippen LogP contribution is 2.28. The summed E-state index contributed by atoms with van der Waals surface area (Å²) >= 11 is 6.15. The van der Waals surface area contributed by atoms with Gasteiger partial charge in [-0.3, -0.25) is 0 Å². The molecule has 0 fully saturated rings. The molecule has 1 atom stereocenters. The van der Waals surface area contributed by atoms with Gasteiger partial charge in [0, 0.05) is 6.04 Å². The summed E-state index contributed by atoms with van der Waals surface area (Å²) in [6.07, 6.45) is 0.691. The first-order valence-electron chi connectivity index (χ1n) is 6.39. The van der Waals surface area contributed by atoms with Crippen LogP contribution in [0.15, 0.2) is 42.5 Å². The number of nitrogens with one attached hydrogen (secondary N) is 1. The Morgan fingerprint density at radius 3 is 2.65 bits per heavy atom. The van der Waals surface area contributed by atoms with Crippen LogP contribution in [0.5, 0.6) is 5.75 Å². The monoisotopic (exact) mass is 293 g/mol. The van der Waals surface area contributed by atoms with Crippen molar-refractivity contribution in [1.29, 1.82) is 0 Å². The first kappa shape index (κ1) is 14.8. The lowest BCUT2D eigenvalue weighted by Crippen LogP contribution is -2.18. The molecule has 106 valence electrons. The van der Waals surface area contributed by atoms with E-state index < -0.39 is 0 Å². The molecule has 2 aromatic rings. The van der Waals surface area contributed by atoms with Crippen molar-refractivity contribution in [2.75, 3.05) is 14.2 Å². The number of benzene rings is 2. The lowest BCUT2D eigenvalue weighted by molar-refractivity contribution is 0.414. The first-order chi connectivity index (χ1) is 9.63. The lowest BCUT2D eigenvalue weighted by atomic mass is 9.99. The van der Waals surface area contributed by atoms with Crippen LogP contribution in [0.3, 0.4) is 0 Å². The SMILES string of the molecule is CNC(Cc1cccc(F)c1)c1ccc(OC)c(Cl)c1. The van der Waals surface area contributed by atoms with Crippen molar-refractivity contribution in [3.63, 3.8) is 0 Å². The van der Waals surface area contributed by atoms with E-state index in [1.165, 1.54) is 6.07 Å². The number of likely N-dealkylation sites (N-methyl/N-ethyl adjacent to an activating group) is 1. The van der Waals surface area contributed by atoms with Crippen LogP contribution in [0.25, 0.3) is 0 Å². The molecule has 1 N–H and O–H groups in total. The van der Waals surface area contributed by atoms with Gasteiger partial charge in [-0.1, -0.05) is 29.8 Å². The highest BCUT2D eigenvalue weighted by Gasteiger charge is 2.12. The van der Waals surface area contributed by atoms with Crippen LogP contribution in [0.4, 0.5) is 4.39 Å². The summed E-state index contributed by atoms with van der Waals surface area (Å²) in [6.45, 7) is 0. The molecule has 0 spiro atoms. The predicted molar refractivity (Wildman–Crippen MR) is 79.9 cm³/mol. The van der Waals surface area contributed by atoms with Gasteiger partial charge in [-0.05, 0) is 48.9 Å². The molecule has 2 aromatic carbocycles. The summed E-state index contributed by atoms with van der Waals surface area (Å²) in [5.74, 6) is 0.432. The molecule has 0 aliphatic rings. The molecule has 0 aliphatic heterocycles. The molecule has 0 aromatic heterocycles. The molecule has 20 heavy (non-hydrogen) atoms. The van der Waals surface area contributed by atoms with Crippen molar-refractivity contribution in [2.45, 2.75) is 12.5 Å². The second kappa shape index (κ2) is 6.73. The molecule has 0 saturated heterocycles. The van der Waals surface area contributed by atoms with Crippen molar-refractivity contribution in [3.8, 4) is 5.75 Å². The highest BCUT2D eigenvalue weighted by atomic mass is 35.5. The number of ether oxygens (including phenoxy) is 1. The van der Waals surface area contributed by atoms with E-state index in [2.05, 4.69) is 5.32 Å². The zero-order valence-electron chi connectivity index (χ0n) is 11.5. The van der Waals surface area contributed by atoms with Crippen LogP contribution < -0.4 is 10.1 Å². The van der Waals surface area contributed by atoms with Crippen molar-refractivity contribution < 1.29 is 9.13 Å². The molecule has 0 saturated carbocycles. The van der Waals surface area contributed by atoms with Crippen LogP contribution in [0.2, 0.25) is 5.02 Å². The molecule has 2 rings (SSSR count). The molecule has 0 radical (unpaired) electrons. The average molecular weight is 294 g/mol. The zero-order chi connectivity index (χ0) is 14.5. The number of halogens is 2. The maximum Gasteiger partial charge on any atom is 0.137 e. The van der Waals surface area contributed by atoms with E-state index in [4.69, 9.17) is 16.3 Å². The standard InChI is InChI=1S/C16H17ClFNO/c1-19-15(9-11-4-3-5-13(18)8-11)12-6-7-16(20-2)14(17)10-12/h3-8,10,15,19H,9H2,1-2H3. The van der Waals surface area contributed by atoms with Crippen LogP contribution in [0, 0.1) is 5.82 Å². The van der Waals surface area contributed by atoms with Gasteiger partial charge in [0.1, 0.15) is 11.6 Å². The molecule has 0 aliphatic carbocycles. The molecule has 0 bridgehead atoms. The third-order valence-corrected chi connectivity index (χ3v) is 3.55. The number of hydrogen-bond donors (Lipinski definition) is 1. The van der Waals surface area contributed by atoms with Crippen molar-refractivity contribution in [2.24, 2.45) is 0 Å². The normalized spacial score (nSPS) is 12.2. The smallest absolute Gasteiger partial charge is 0.137 e. The van der Waals surface area contributed by atoms with E-state index in [1.54, 1.807) is 19.2 Å². The van der Waals surface area contributed by atoms with Crippen molar-refractivity contribution >= 4 is 11.6 Å². The summed E-state index contributed by atoms with van der Waals surface area (Å²) in [6, 6.07) is 12.4. The second-order valence-corrected chi connectivity index (χ2v) is 4.98. The molecule has 2 nitrogen and oxygen atoms in total. The Kier molecular flexibility index (Phi) is 4.99. The van der Waals surface area contributed by atoms with Gasteiger partial charge < -0.3 is 10.1 Å². The zero-order valence-corrected chi connectivity index (χ0v) is 12.2. The van der Waals surface area contributed by atoms with Crippen molar-refractivity contribution in [1.82, 2.24) is 5.32 Å². The van der Waals surface area contributed by atoms with Crippen LogP contribution in [-0.2, 0) is 6.42 Å². The Balaban J connectivity index is 2.22. The van der Waals surface area contributed by atoms with E-state index in [0.717, 1.165) is 11.1 Å². The molecule has 0 heterocycles. The van der Waals surface area contributed by atoms with Crippen LogP contribution in [-0.4, -0.2) is 14.2 Å². The lowest BCUT2D eigenvalue weighted by Gasteiger charge is -2.18. The fourth-order valence-electron chi connectivity index (χ4n) is 2.19. The van der Waals surface area contributed by atoms with Gasteiger partial charge >= 0.3 is 0 Å². The van der Waals surface area contributed by atoms with Gasteiger partial charge in [0.05, 0.1) is 12.1 Å². The first-order valence-corrected chi connectivity index (χ1v) is 6.77. The van der Waals surface area contributed by atoms with Crippen molar-refractivity contribution in [3.05, 3.63) is 64.4 Å². The minimum atomic E-state index is -0.217. The Labute approximate surface area is 123 Å². The van der Waals surface area contributed by atoms with E-state index >= 15 is 0 Å². The Bertz CT molecular complexity index is 588. The van der Waals surface area contributed by atoms with E-state index in [0.29, 0.717) is 17.2 Å². The minimum Gasteiger partial charge on any atom is -0.495 e. The highest BCUT2D eigenvalue weighted by molar-refractivity contribution is 6.32. The maximum absolute atomic E-state index is 13.2. The minimum absolute atomic E-state index is 0.0696. The molecule has 1 unspecified atom stereocenters. The number of hydrogen-bond acceptors (Lipinski definition) is 2. The van der Waals surface area contributed by atoms with Gasteiger partial charge in [0.2, 0.25) is 0 Å². The van der Waals surface area contributed by atoms with E-state index in [9.17, 15) is 4.39 Å². The topological polar surface area (TPSA) is 21.3 Å². The third-order valence-electron chi connectivity index (χ3n) is 3.26. The van der Waals surface area contributed by atoms with Gasteiger partial charge in [-0.2, -0.15) is 0 Å². The van der Waals surface area contributed by atoms with Crippen LogP contribution >= 0.6 is 11.6 Å². The van der Waals surface area contributed by atoms with Gasteiger partial charge in [-0.25, -0.2) is 4.39 Å². The molecular formula is C16H17ClFNO. The van der Waals surface area contributed by atoms with E-state index in [1.807, 2.05) is 31.3 Å². The largest absolute Gasteiger partial charge is 0.495 e. The number of methoxy groups -OCH3 is 1. The quantitative estimate of drug-likeness (QED) is 0.900. The Hall–Kier alpha value is -1.58. The molecule has 4 heteroatoms. The Morgan fingerprint density at radius 1 is 1.25 bits per heavy atom. The van der Waals surface area contributed by atoms with E-state index in [-0.39, 0.29) is 11.9 Å². The predicted octanol–water partition coefficient (Wildman–Crippen LogP) is 3.99. The fraction of sp³-hybridized carbons (Fsp3) is 0.250. The summed E-state index contributed by atoms with van der Waals surface area (Å²) in [4.78, 5) is 0. The van der Waals surface area contributed by atoms with Gasteiger partial charge in [-0.15, -0.1) is 0 Å². The molecule has 0 amide bonds. The second-order valence-electron chi connectivity index (χ2n) is 4.57. The maximum atomic E-state index is 13.2. The van der Waals surface area contributed by atoms with Gasteiger partial charge in [0.15, 0.2) is 0 Å². The third kappa shape index (κ3) is 3.50. The summed E-state index contributed by atoms with van der Waals surface area (Å²) in [5.41, 5.74) is 1.99. The van der Waals surface area contributed by atoms with Crippen LogP contribution in [0.1, 0.15) is 17.2 Å². The fourth-order valence-corrected chi connectivity index (χ4v) is 2.45. The molecular weight excluding hydrogens is 277 g/mol.